The molecular weight excluding hydrogens is 264 g/mol. The maximum absolute atomic E-state index is 12.4. The molecule has 2 N–H and O–H groups in total. The lowest BCUT2D eigenvalue weighted by Crippen LogP contribution is -2.47. The Bertz CT molecular complexity index is 468. The van der Waals surface area contributed by atoms with Crippen molar-refractivity contribution in [2.24, 2.45) is 5.41 Å². The van der Waals surface area contributed by atoms with E-state index in [0.29, 0.717) is 13.2 Å². The van der Waals surface area contributed by atoms with E-state index in [1.54, 1.807) is 7.11 Å². The average molecular weight is 290 g/mol. The number of benzene rings is 1. The van der Waals surface area contributed by atoms with E-state index in [9.17, 15) is 4.79 Å². The van der Waals surface area contributed by atoms with Gasteiger partial charge in [-0.2, -0.15) is 0 Å². The second kappa shape index (κ2) is 7.05. The van der Waals surface area contributed by atoms with Crippen LogP contribution in [-0.2, 0) is 4.74 Å². The van der Waals surface area contributed by atoms with Crippen molar-refractivity contribution in [2.45, 2.75) is 26.7 Å². The topological polar surface area (TPSA) is 50.4 Å². The van der Waals surface area contributed by atoms with Crippen LogP contribution in [0.25, 0.3) is 0 Å². The zero-order valence-corrected chi connectivity index (χ0v) is 13.3. The van der Waals surface area contributed by atoms with Gasteiger partial charge in [0.1, 0.15) is 0 Å². The van der Waals surface area contributed by atoms with Crippen molar-refractivity contribution in [1.82, 2.24) is 10.6 Å². The summed E-state index contributed by atoms with van der Waals surface area (Å²) in [4.78, 5) is 12.4. The molecule has 4 nitrogen and oxygen atoms in total. The van der Waals surface area contributed by atoms with Gasteiger partial charge in [-0.05, 0) is 51.9 Å². The Morgan fingerprint density at radius 2 is 1.86 bits per heavy atom. The van der Waals surface area contributed by atoms with Gasteiger partial charge in [-0.3, -0.25) is 4.79 Å². The van der Waals surface area contributed by atoms with E-state index in [0.717, 1.165) is 42.6 Å². The maximum atomic E-state index is 12.4. The quantitative estimate of drug-likeness (QED) is 0.872. The van der Waals surface area contributed by atoms with Crippen LogP contribution in [0.3, 0.4) is 0 Å². The van der Waals surface area contributed by atoms with Gasteiger partial charge in [0.15, 0.2) is 0 Å². The molecule has 21 heavy (non-hydrogen) atoms. The fourth-order valence-electron chi connectivity index (χ4n) is 3.11. The Morgan fingerprint density at radius 1 is 1.24 bits per heavy atom. The second-order valence-corrected chi connectivity index (χ2v) is 6.24. The summed E-state index contributed by atoms with van der Waals surface area (Å²) in [5.74, 6) is 0.0100. The van der Waals surface area contributed by atoms with E-state index in [-0.39, 0.29) is 11.3 Å². The van der Waals surface area contributed by atoms with Gasteiger partial charge in [0, 0.05) is 24.6 Å². The summed E-state index contributed by atoms with van der Waals surface area (Å²) in [5.41, 5.74) is 3.05. The number of ether oxygens (including phenoxy) is 1. The molecule has 0 spiro atoms. The minimum Gasteiger partial charge on any atom is -0.384 e. The Morgan fingerprint density at radius 3 is 2.43 bits per heavy atom. The largest absolute Gasteiger partial charge is 0.384 e. The minimum absolute atomic E-state index is 0.0100. The SMILES string of the molecule is COCC1(CNC(=O)c2cc(C)cc(C)c2)CCNCC1. The molecule has 1 aliphatic rings. The zero-order chi connectivity index (χ0) is 15.3. The third-order valence-corrected chi connectivity index (χ3v) is 4.22. The summed E-state index contributed by atoms with van der Waals surface area (Å²) >= 11 is 0. The molecule has 1 aromatic carbocycles. The fourth-order valence-corrected chi connectivity index (χ4v) is 3.11. The van der Waals surface area contributed by atoms with Crippen LogP contribution >= 0.6 is 0 Å². The highest BCUT2D eigenvalue weighted by Gasteiger charge is 2.32. The summed E-state index contributed by atoms with van der Waals surface area (Å²) in [5, 5.41) is 6.47. The molecule has 0 atom stereocenters. The van der Waals surface area contributed by atoms with E-state index in [1.807, 2.05) is 26.0 Å². The van der Waals surface area contributed by atoms with Crippen LogP contribution < -0.4 is 10.6 Å². The van der Waals surface area contributed by atoms with Gasteiger partial charge in [-0.25, -0.2) is 0 Å². The van der Waals surface area contributed by atoms with Crippen molar-refractivity contribution >= 4 is 5.91 Å². The van der Waals surface area contributed by atoms with E-state index < -0.39 is 0 Å². The summed E-state index contributed by atoms with van der Waals surface area (Å²) in [6.45, 7) is 7.38. The van der Waals surface area contributed by atoms with Crippen LogP contribution in [0.4, 0.5) is 0 Å². The molecule has 1 saturated heterocycles. The van der Waals surface area contributed by atoms with Crippen molar-refractivity contribution in [3.05, 3.63) is 34.9 Å². The monoisotopic (exact) mass is 290 g/mol. The van der Waals surface area contributed by atoms with E-state index in [2.05, 4.69) is 16.7 Å². The predicted molar refractivity (Wildman–Crippen MR) is 84.7 cm³/mol. The second-order valence-electron chi connectivity index (χ2n) is 6.24. The molecule has 4 heteroatoms. The number of rotatable bonds is 5. The molecule has 1 amide bonds. The predicted octanol–water partition coefficient (Wildman–Crippen LogP) is 2.05. The van der Waals surface area contributed by atoms with Crippen LogP contribution in [0.15, 0.2) is 18.2 Å². The number of hydrogen-bond donors (Lipinski definition) is 2. The molecule has 1 heterocycles. The summed E-state index contributed by atoms with van der Waals surface area (Å²) in [7, 11) is 1.73. The molecular formula is C17H26N2O2. The van der Waals surface area contributed by atoms with Gasteiger partial charge in [-0.1, -0.05) is 17.2 Å². The number of aryl methyl sites for hydroxylation is 2. The first-order chi connectivity index (χ1) is 10.0. The first-order valence-electron chi connectivity index (χ1n) is 7.61. The van der Waals surface area contributed by atoms with Crippen molar-refractivity contribution in [2.75, 3.05) is 33.4 Å². The Kier molecular flexibility index (Phi) is 5.37. The molecule has 1 fully saturated rings. The molecule has 0 aromatic heterocycles. The van der Waals surface area contributed by atoms with Gasteiger partial charge in [-0.15, -0.1) is 0 Å². The van der Waals surface area contributed by atoms with Crippen molar-refractivity contribution < 1.29 is 9.53 Å². The highest BCUT2D eigenvalue weighted by molar-refractivity contribution is 5.94. The molecule has 1 aromatic rings. The molecule has 116 valence electrons. The molecule has 0 bridgehead atoms. The third-order valence-electron chi connectivity index (χ3n) is 4.22. The highest BCUT2D eigenvalue weighted by Crippen LogP contribution is 2.28. The molecule has 0 radical (unpaired) electrons. The first kappa shape index (κ1) is 16.0. The average Bonchev–Trinajstić information content (AvgIpc) is 2.45. The van der Waals surface area contributed by atoms with Gasteiger partial charge >= 0.3 is 0 Å². The van der Waals surface area contributed by atoms with Crippen molar-refractivity contribution in [3.63, 3.8) is 0 Å². The number of methoxy groups -OCH3 is 1. The summed E-state index contributed by atoms with van der Waals surface area (Å²) in [6.07, 6.45) is 2.07. The summed E-state index contributed by atoms with van der Waals surface area (Å²) in [6, 6.07) is 5.96. The molecule has 2 rings (SSSR count). The lowest BCUT2D eigenvalue weighted by Gasteiger charge is -2.37. The number of amides is 1. The first-order valence-corrected chi connectivity index (χ1v) is 7.61. The van der Waals surface area contributed by atoms with Gasteiger partial charge < -0.3 is 15.4 Å². The lowest BCUT2D eigenvalue weighted by atomic mass is 9.79. The number of hydrogen-bond acceptors (Lipinski definition) is 3. The van der Waals surface area contributed by atoms with E-state index in [4.69, 9.17) is 4.74 Å². The van der Waals surface area contributed by atoms with Crippen LogP contribution in [-0.4, -0.2) is 39.3 Å². The Balaban J connectivity index is 2.01. The van der Waals surface area contributed by atoms with Gasteiger partial charge in [0.2, 0.25) is 0 Å². The fraction of sp³-hybridized carbons (Fsp3) is 0.588. The molecule has 1 aliphatic heterocycles. The Labute approximate surface area is 127 Å². The smallest absolute Gasteiger partial charge is 0.251 e. The minimum atomic E-state index is 0.0100. The van der Waals surface area contributed by atoms with Gasteiger partial charge in [0.05, 0.1) is 6.61 Å². The van der Waals surface area contributed by atoms with Crippen molar-refractivity contribution in [1.29, 1.82) is 0 Å². The number of carbonyl (C=O) groups excluding carboxylic acids is 1. The van der Waals surface area contributed by atoms with Gasteiger partial charge in [0.25, 0.3) is 5.91 Å². The Hall–Kier alpha value is -1.39. The number of nitrogens with one attached hydrogen (secondary N) is 2. The summed E-state index contributed by atoms with van der Waals surface area (Å²) < 4.78 is 5.38. The van der Waals surface area contributed by atoms with Crippen molar-refractivity contribution in [3.8, 4) is 0 Å². The normalized spacial score (nSPS) is 17.5. The lowest BCUT2D eigenvalue weighted by molar-refractivity contribution is 0.0511. The third kappa shape index (κ3) is 4.29. The zero-order valence-electron chi connectivity index (χ0n) is 13.3. The number of piperidine rings is 1. The van der Waals surface area contributed by atoms with Crippen LogP contribution in [0.5, 0.6) is 0 Å². The maximum Gasteiger partial charge on any atom is 0.251 e. The van der Waals surface area contributed by atoms with E-state index in [1.165, 1.54) is 0 Å². The standard InChI is InChI=1S/C17H26N2O2/c1-13-8-14(2)10-15(9-13)16(20)19-11-17(12-21-3)4-6-18-7-5-17/h8-10,18H,4-7,11-12H2,1-3H3,(H,19,20). The van der Waals surface area contributed by atoms with E-state index >= 15 is 0 Å². The number of carbonyl (C=O) groups is 1. The molecule has 0 unspecified atom stereocenters. The molecule has 0 saturated carbocycles. The van der Waals surface area contributed by atoms with Crippen LogP contribution in [0.2, 0.25) is 0 Å². The van der Waals surface area contributed by atoms with Crippen LogP contribution in [0.1, 0.15) is 34.3 Å². The van der Waals surface area contributed by atoms with Crippen LogP contribution in [0, 0.1) is 19.3 Å². The highest BCUT2D eigenvalue weighted by atomic mass is 16.5. The molecule has 0 aliphatic carbocycles.